The van der Waals surface area contributed by atoms with Gasteiger partial charge in [0.2, 0.25) is 0 Å². The quantitative estimate of drug-likeness (QED) is 0.379. The van der Waals surface area contributed by atoms with E-state index in [1.165, 1.54) is 6.92 Å². The molecule has 0 atom stereocenters. The number of carbonyl (C=O) groups is 2. The van der Waals surface area contributed by atoms with Gasteiger partial charge in [0.1, 0.15) is 5.75 Å². The Labute approximate surface area is 105 Å². The number of amides is 1. The van der Waals surface area contributed by atoms with Crippen molar-refractivity contribution in [1.82, 2.24) is 5.32 Å². The van der Waals surface area contributed by atoms with Crippen molar-refractivity contribution < 1.29 is 14.3 Å². The summed E-state index contributed by atoms with van der Waals surface area (Å²) in [5, 5.41) is 2.73. The molecule has 0 heterocycles. The van der Waals surface area contributed by atoms with E-state index in [0.717, 1.165) is 6.42 Å². The Morgan fingerprint density at radius 1 is 1.29 bits per heavy atom. The van der Waals surface area contributed by atoms with Gasteiger partial charge >= 0.3 is 5.97 Å². The third-order valence-corrected chi connectivity index (χ3v) is 2.24. The van der Waals surface area contributed by atoms with Crippen LogP contribution in [0, 0.1) is 0 Å². The summed E-state index contributed by atoms with van der Waals surface area (Å²) in [5.74, 6) is 0.398. The number of carbonyl (C=O) groups excluding carboxylic acids is 2. The summed E-state index contributed by atoms with van der Waals surface area (Å²) in [4.78, 5) is 22.3. The highest BCUT2D eigenvalue weighted by atomic mass is 35.5. The molecule has 0 aliphatic heterocycles. The molecule has 1 aromatic rings. The first-order valence-electron chi connectivity index (χ1n) is 5.26. The molecule has 0 aliphatic rings. The Bertz CT molecular complexity index is 389. The highest BCUT2D eigenvalue weighted by Crippen LogP contribution is 2.12. The zero-order valence-electron chi connectivity index (χ0n) is 9.53. The van der Waals surface area contributed by atoms with Gasteiger partial charge in [-0.15, -0.1) is 11.6 Å². The number of hydrogen-bond donors (Lipinski definition) is 1. The minimum atomic E-state index is -0.385. The van der Waals surface area contributed by atoms with E-state index in [1.807, 2.05) is 0 Å². The SMILES string of the molecule is CC(=O)Oc1ccc(C(=O)NCCCCl)cc1. The summed E-state index contributed by atoms with van der Waals surface area (Å²) in [6.45, 7) is 1.88. The second kappa shape index (κ2) is 6.91. The zero-order valence-corrected chi connectivity index (χ0v) is 10.3. The van der Waals surface area contributed by atoms with Crippen molar-refractivity contribution in [3.05, 3.63) is 29.8 Å². The molecule has 1 amide bonds. The number of nitrogens with one attached hydrogen (secondary N) is 1. The molecular weight excluding hydrogens is 242 g/mol. The van der Waals surface area contributed by atoms with Gasteiger partial charge in [-0.1, -0.05) is 0 Å². The Morgan fingerprint density at radius 3 is 2.47 bits per heavy atom. The monoisotopic (exact) mass is 255 g/mol. The van der Waals surface area contributed by atoms with E-state index in [1.54, 1.807) is 24.3 Å². The molecule has 0 unspecified atom stereocenters. The topological polar surface area (TPSA) is 55.4 Å². The molecule has 0 saturated carbocycles. The fourth-order valence-corrected chi connectivity index (χ4v) is 1.34. The van der Waals surface area contributed by atoms with Crippen LogP contribution in [-0.4, -0.2) is 24.3 Å². The summed E-state index contributed by atoms with van der Waals surface area (Å²) in [6, 6.07) is 6.37. The number of hydrogen-bond acceptors (Lipinski definition) is 3. The van der Waals surface area contributed by atoms with Gasteiger partial charge < -0.3 is 10.1 Å². The molecule has 0 fully saturated rings. The molecule has 0 spiro atoms. The average Bonchev–Trinajstić information content (AvgIpc) is 2.29. The molecule has 17 heavy (non-hydrogen) atoms. The summed E-state index contributed by atoms with van der Waals surface area (Å²) >= 11 is 5.50. The van der Waals surface area contributed by atoms with Crippen LogP contribution in [0.15, 0.2) is 24.3 Å². The van der Waals surface area contributed by atoms with E-state index in [-0.39, 0.29) is 11.9 Å². The molecule has 4 nitrogen and oxygen atoms in total. The number of benzene rings is 1. The molecule has 0 bridgehead atoms. The summed E-state index contributed by atoms with van der Waals surface area (Å²) in [7, 11) is 0. The standard InChI is InChI=1S/C12H14ClNO3/c1-9(15)17-11-5-3-10(4-6-11)12(16)14-8-2-7-13/h3-6H,2,7-8H2,1H3,(H,14,16). The van der Waals surface area contributed by atoms with Crippen LogP contribution in [0.25, 0.3) is 0 Å². The predicted molar refractivity (Wildman–Crippen MR) is 65.4 cm³/mol. The van der Waals surface area contributed by atoms with Gasteiger partial charge in [-0.25, -0.2) is 0 Å². The molecule has 0 radical (unpaired) electrons. The highest BCUT2D eigenvalue weighted by Gasteiger charge is 2.05. The lowest BCUT2D eigenvalue weighted by atomic mass is 10.2. The maximum absolute atomic E-state index is 11.6. The number of rotatable bonds is 5. The minimum absolute atomic E-state index is 0.163. The van der Waals surface area contributed by atoms with Gasteiger partial charge in [0.15, 0.2) is 0 Å². The lowest BCUT2D eigenvalue weighted by Crippen LogP contribution is -2.24. The van der Waals surface area contributed by atoms with E-state index in [9.17, 15) is 9.59 Å². The molecule has 5 heteroatoms. The predicted octanol–water partition coefficient (Wildman–Crippen LogP) is 1.97. The first-order chi connectivity index (χ1) is 8.13. The first kappa shape index (κ1) is 13.5. The molecule has 0 saturated heterocycles. The smallest absolute Gasteiger partial charge is 0.308 e. The largest absolute Gasteiger partial charge is 0.427 e. The Morgan fingerprint density at radius 2 is 1.94 bits per heavy atom. The van der Waals surface area contributed by atoms with E-state index < -0.39 is 0 Å². The van der Waals surface area contributed by atoms with Crippen LogP contribution < -0.4 is 10.1 Å². The lowest BCUT2D eigenvalue weighted by Gasteiger charge is -2.05. The Balaban J connectivity index is 2.54. The molecule has 1 rings (SSSR count). The van der Waals surface area contributed by atoms with Crippen LogP contribution in [0.3, 0.4) is 0 Å². The molecular formula is C12H14ClNO3. The molecule has 1 aromatic carbocycles. The zero-order chi connectivity index (χ0) is 12.7. The van der Waals surface area contributed by atoms with Crippen molar-refractivity contribution in [2.24, 2.45) is 0 Å². The average molecular weight is 256 g/mol. The fraction of sp³-hybridized carbons (Fsp3) is 0.333. The van der Waals surface area contributed by atoms with Gasteiger partial charge in [0, 0.05) is 24.9 Å². The van der Waals surface area contributed by atoms with Gasteiger partial charge in [-0.05, 0) is 30.7 Å². The van der Waals surface area contributed by atoms with Crippen LogP contribution in [0.5, 0.6) is 5.75 Å². The fourth-order valence-electron chi connectivity index (χ4n) is 1.21. The van der Waals surface area contributed by atoms with Gasteiger partial charge in [0.25, 0.3) is 5.91 Å². The maximum Gasteiger partial charge on any atom is 0.308 e. The Hall–Kier alpha value is -1.55. The second-order valence-electron chi connectivity index (χ2n) is 3.42. The van der Waals surface area contributed by atoms with Crippen LogP contribution in [0.4, 0.5) is 0 Å². The summed E-state index contributed by atoms with van der Waals surface area (Å²) in [5.41, 5.74) is 0.524. The van der Waals surface area contributed by atoms with Crippen molar-refractivity contribution in [3.63, 3.8) is 0 Å². The van der Waals surface area contributed by atoms with Gasteiger partial charge in [-0.2, -0.15) is 0 Å². The lowest BCUT2D eigenvalue weighted by molar-refractivity contribution is -0.131. The first-order valence-corrected chi connectivity index (χ1v) is 5.79. The van der Waals surface area contributed by atoms with Crippen LogP contribution in [-0.2, 0) is 4.79 Å². The number of ether oxygens (including phenoxy) is 1. The van der Waals surface area contributed by atoms with Crippen LogP contribution in [0.1, 0.15) is 23.7 Å². The maximum atomic E-state index is 11.6. The number of halogens is 1. The third-order valence-electron chi connectivity index (χ3n) is 1.97. The minimum Gasteiger partial charge on any atom is -0.427 e. The van der Waals surface area contributed by atoms with Crippen molar-refractivity contribution in [2.45, 2.75) is 13.3 Å². The van der Waals surface area contributed by atoms with Crippen molar-refractivity contribution in [3.8, 4) is 5.75 Å². The van der Waals surface area contributed by atoms with E-state index in [4.69, 9.17) is 16.3 Å². The van der Waals surface area contributed by atoms with Crippen molar-refractivity contribution in [2.75, 3.05) is 12.4 Å². The molecule has 1 N–H and O–H groups in total. The molecule has 0 aromatic heterocycles. The van der Waals surface area contributed by atoms with E-state index in [2.05, 4.69) is 5.32 Å². The second-order valence-corrected chi connectivity index (χ2v) is 3.79. The summed E-state index contributed by atoms with van der Waals surface area (Å²) < 4.78 is 4.86. The van der Waals surface area contributed by atoms with Crippen LogP contribution >= 0.6 is 11.6 Å². The molecule has 92 valence electrons. The summed E-state index contributed by atoms with van der Waals surface area (Å²) in [6.07, 6.45) is 0.735. The highest BCUT2D eigenvalue weighted by molar-refractivity contribution is 6.17. The van der Waals surface area contributed by atoms with Crippen molar-refractivity contribution >= 4 is 23.5 Å². The normalized spacial score (nSPS) is 9.76. The van der Waals surface area contributed by atoms with Gasteiger partial charge in [0.05, 0.1) is 0 Å². The van der Waals surface area contributed by atoms with E-state index >= 15 is 0 Å². The number of esters is 1. The van der Waals surface area contributed by atoms with Crippen LogP contribution in [0.2, 0.25) is 0 Å². The number of alkyl halides is 1. The molecule has 0 aliphatic carbocycles. The van der Waals surface area contributed by atoms with Crippen molar-refractivity contribution in [1.29, 1.82) is 0 Å². The van der Waals surface area contributed by atoms with Gasteiger partial charge in [-0.3, -0.25) is 9.59 Å². The third kappa shape index (κ3) is 4.87. The Kier molecular flexibility index (Phi) is 5.49. The van der Waals surface area contributed by atoms with E-state index in [0.29, 0.717) is 23.7 Å².